The summed E-state index contributed by atoms with van der Waals surface area (Å²) in [6.45, 7) is 6.10. The molecule has 6 nitrogen and oxygen atoms in total. The minimum absolute atomic E-state index is 0.0187. The maximum atomic E-state index is 12.0. The number of benzene rings is 1. The average Bonchev–Trinajstić information content (AvgIpc) is 3.04. The van der Waals surface area contributed by atoms with E-state index in [1.165, 1.54) is 0 Å². The van der Waals surface area contributed by atoms with Crippen LogP contribution in [0.3, 0.4) is 0 Å². The van der Waals surface area contributed by atoms with Gasteiger partial charge in [-0.2, -0.15) is 10.2 Å². The molecule has 7 heteroatoms. The van der Waals surface area contributed by atoms with Gasteiger partial charge in [0.2, 0.25) is 5.91 Å². The Bertz CT molecular complexity index is 944. The molecule has 4 rings (SSSR count). The van der Waals surface area contributed by atoms with Crippen LogP contribution in [-0.2, 0) is 4.79 Å². The molecule has 0 radical (unpaired) electrons. The third kappa shape index (κ3) is 2.64. The number of amides is 1. The van der Waals surface area contributed by atoms with Crippen molar-refractivity contribution in [2.75, 3.05) is 11.1 Å². The summed E-state index contributed by atoms with van der Waals surface area (Å²) in [5.74, 6) is 1.00. The van der Waals surface area contributed by atoms with Gasteiger partial charge in [-0.1, -0.05) is 18.2 Å². The van der Waals surface area contributed by atoms with Crippen LogP contribution < -0.4 is 5.32 Å². The zero-order valence-electron chi connectivity index (χ0n) is 14.3. The molecular formula is C18H19N5OS. The molecule has 0 saturated heterocycles. The Kier molecular flexibility index (Phi) is 3.88. The van der Waals surface area contributed by atoms with Crippen LogP contribution in [0, 0.1) is 20.8 Å². The number of aromatic nitrogens is 4. The fourth-order valence-electron chi connectivity index (χ4n) is 3.35. The summed E-state index contributed by atoms with van der Waals surface area (Å²) in [6, 6.07) is 10.1. The van der Waals surface area contributed by atoms with Crippen LogP contribution in [-0.4, -0.2) is 31.6 Å². The Morgan fingerprint density at radius 1 is 1.16 bits per heavy atom. The van der Waals surface area contributed by atoms with Gasteiger partial charge in [0.1, 0.15) is 0 Å². The summed E-state index contributed by atoms with van der Waals surface area (Å²) in [4.78, 5) is 12.0. The summed E-state index contributed by atoms with van der Waals surface area (Å²) >= 11 is 1.62. The van der Waals surface area contributed by atoms with Gasteiger partial charge in [-0.25, -0.2) is 4.68 Å². The Labute approximate surface area is 150 Å². The molecule has 0 bridgehead atoms. The zero-order valence-corrected chi connectivity index (χ0v) is 15.1. The lowest BCUT2D eigenvalue weighted by Crippen LogP contribution is -2.12. The van der Waals surface area contributed by atoms with E-state index in [0.717, 1.165) is 33.9 Å². The van der Waals surface area contributed by atoms with Crippen molar-refractivity contribution in [2.24, 2.45) is 0 Å². The Morgan fingerprint density at radius 2 is 1.92 bits per heavy atom. The van der Waals surface area contributed by atoms with Crippen molar-refractivity contribution in [3.05, 3.63) is 58.5 Å². The second-order valence-corrected chi connectivity index (χ2v) is 7.28. The van der Waals surface area contributed by atoms with Crippen molar-refractivity contribution in [2.45, 2.75) is 26.0 Å². The summed E-state index contributed by atoms with van der Waals surface area (Å²) < 4.78 is 1.97. The van der Waals surface area contributed by atoms with E-state index in [-0.39, 0.29) is 11.2 Å². The lowest BCUT2D eigenvalue weighted by Gasteiger charge is -2.16. The largest absolute Gasteiger partial charge is 0.308 e. The van der Waals surface area contributed by atoms with E-state index < -0.39 is 0 Å². The van der Waals surface area contributed by atoms with Crippen molar-refractivity contribution in [1.82, 2.24) is 20.0 Å². The minimum Gasteiger partial charge on any atom is -0.308 e. The monoisotopic (exact) mass is 353 g/mol. The SMILES string of the molecule is Cc1nn(-c2ccccc2)c(C)c1C1SCC(=O)Nc2n[nH]c(C)c21. The number of para-hydroxylation sites is 1. The summed E-state index contributed by atoms with van der Waals surface area (Å²) in [7, 11) is 0. The molecule has 1 aliphatic rings. The second kappa shape index (κ2) is 6.07. The molecule has 0 saturated carbocycles. The van der Waals surface area contributed by atoms with Crippen LogP contribution in [0.2, 0.25) is 0 Å². The highest BCUT2D eigenvalue weighted by Gasteiger charge is 2.32. The summed E-state index contributed by atoms with van der Waals surface area (Å²) in [6.07, 6.45) is 0. The number of H-pyrrole nitrogens is 1. The molecule has 1 unspecified atom stereocenters. The first kappa shape index (κ1) is 16.0. The normalized spacial score (nSPS) is 17.1. The van der Waals surface area contributed by atoms with Crippen molar-refractivity contribution in [3.63, 3.8) is 0 Å². The highest BCUT2D eigenvalue weighted by molar-refractivity contribution is 8.00. The number of carbonyl (C=O) groups excluding carboxylic acids is 1. The van der Waals surface area contributed by atoms with Crippen LogP contribution >= 0.6 is 11.8 Å². The van der Waals surface area contributed by atoms with Gasteiger partial charge in [0.25, 0.3) is 0 Å². The van der Waals surface area contributed by atoms with Crippen LogP contribution in [0.4, 0.5) is 5.82 Å². The highest BCUT2D eigenvalue weighted by Crippen LogP contribution is 2.44. The quantitative estimate of drug-likeness (QED) is 0.741. The molecule has 0 aliphatic carbocycles. The van der Waals surface area contributed by atoms with Crippen molar-refractivity contribution in [1.29, 1.82) is 0 Å². The number of aryl methyl sites for hydroxylation is 2. The Balaban J connectivity index is 1.87. The van der Waals surface area contributed by atoms with E-state index in [1.807, 2.05) is 48.9 Å². The number of nitrogens with zero attached hydrogens (tertiary/aromatic N) is 3. The number of carbonyl (C=O) groups is 1. The molecule has 25 heavy (non-hydrogen) atoms. The molecule has 3 heterocycles. The van der Waals surface area contributed by atoms with Gasteiger partial charge in [0.15, 0.2) is 5.82 Å². The molecule has 1 aromatic carbocycles. The molecule has 0 spiro atoms. The van der Waals surface area contributed by atoms with Crippen molar-refractivity contribution >= 4 is 23.5 Å². The fourth-order valence-corrected chi connectivity index (χ4v) is 4.70. The predicted octanol–water partition coefficient (Wildman–Crippen LogP) is 3.30. The first-order valence-corrected chi connectivity index (χ1v) is 9.19. The van der Waals surface area contributed by atoms with E-state index in [2.05, 4.69) is 22.4 Å². The third-order valence-corrected chi connectivity index (χ3v) is 5.74. The number of thioether (sulfide) groups is 1. The topological polar surface area (TPSA) is 75.6 Å². The minimum atomic E-state index is -0.0222. The van der Waals surface area contributed by atoms with E-state index in [0.29, 0.717) is 11.6 Å². The van der Waals surface area contributed by atoms with Gasteiger partial charge < -0.3 is 5.32 Å². The highest BCUT2D eigenvalue weighted by atomic mass is 32.2. The molecule has 1 aliphatic heterocycles. The predicted molar refractivity (Wildman–Crippen MR) is 99.3 cm³/mol. The molecule has 2 N–H and O–H groups in total. The van der Waals surface area contributed by atoms with Gasteiger partial charge in [-0.05, 0) is 32.9 Å². The first-order chi connectivity index (χ1) is 12.1. The average molecular weight is 353 g/mol. The number of nitrogens with one attached hydrogen (secondary N) is 2. The molecule has 1 atom stereocenters. The Hall–Kier alpha value is -2.54. The molecule has 128 valence electrons. The van der Waals surface area contributed by atoms with Gasteiger partial charge in [0.05, 0.1) is 22.4 Å². The molecular weight excluding hydrogens is 334 g/mol. The van der Waals surface area contributed by atoms with Crippen LogP contribution in [0.15, 0.2) is 30.3 Å². The van der Waals surface area contributed by atoms with Crippen LogP contribution in [0.5, 0.6) is 0 Å². The number of hydrogen-bond donors (Lipinski definition) is 2. The number of rotatable bonds is 2. The van der Waals surface area contributed by atoms with E-state index in [1.54, 1.807) is 11.8 Å². The summed E-state index contributed by atoms with van der Waals surface area (Å²) in [5.41, 5.74) is 6.25. The van der Waals surface area contributed by atoms with Gasteiger partial charge in [-0.3, -0.25) is 9.89 Å². The van der Waals surface area contributed by atoms with Crippen molar-refractivity contribution < 1.29 is 4.79 Å². The maximum Gasteiger partial charge on any atom is 0.235 e. The van der Waals surface area contributed by atoms with E-state index in [9.17, 15) is 4.79 Å². The first-order valence-electron chi connectivity index (χ1n) is 8.14. The van der Waals surface area contributed by atoms with Crippen LogP contribution in [0.1, 0.15) is 33.5 Å². The molecule has 0 fully saturated rings. The number of hydrogen-bond acceptors (Lipinski definition) is 4. The van der Waals surface area contributed by atoms with E-state index >= 15 is 0 Å². The second-order valence-electron chi connectivity index (χ2n) is 6.18. The standard InChI is InChI=1S/C18H19N5OS/c1-10-16-17(25-9-14(24)19-18(16)21-20-10)15-11(2)22-23(12(15)3)13-7-5-4-6-8-13/h4-8,17H,9H2,1-3H3,(H2,19,20,21,24). The fraction of sp³-hybridized carbons (Fsp3) is 0.278. The van der Waals surface area contributed by atoms with Crippen molar-refractivity contribution in [3.8, 4) is 5.69 Å². The summed E-state index contributed by atoms with van der Waals surface area (Å²) in [5, 5.41) is 14.9. The van der Waals surface area contributed by atoms with E-state index in [4.69, 9.17) is 5.10 Å². The van der Waals surface area contributed by atoms with Gasteiger partial charge in [-0.15, -0.1) is 11.8 Å². The van der Waals surface area contributed by atoms with Gasteiger partial charge >= 0.3 is 0 Å². The smallest absolute Gasteiger partial charge is 0.235 e. The van der Waals surface area contributed by atoms with Gasteiger partial charge in [0, 0.05) is 22.5 Å². The van der Waals surface area contributed by atoms with Crippen LogP contribution in [0.25, 0.3) is 5.69 Å². The number of anilines is 1. The zero-order chi connectivity index (χ0) is 17.6. The lowest BCUT2D eigenvalue weighted by atomic mass is 10.0. The molecule has 2 aromatic heterocycles. The molecule has 1 amide bonds. The third-order valence-electron chi connectivity index (χ3n) is 4.51. The number of fused-ring (bicyclic) bond motifs is 1. The maximum absolute atomic E-state index is 12.0. The Morgan fingerprint density at radius 3 is 2.68 bits per heavy atom. The lowest BCUT2D eigenvalue weighted by molar-refractivity contribution is -0.113. The number of aromatic amines is 1. The molecule has 3 aromatic rings.